The summed E-state index contributed by atoms with van der Waals surface area (Å²) >= 11 is 13.0. The van der Waals surface area contributed by atoms with Gasteiger partial charge in [0.25, 0.3) is 5.91 Å². The molecule has 4 aliphatic heterocycles. The summed E-state index contributed by atoms with van der Waals surface area (Å²) < 4.78 is 19.0. The van der Waals surface area contributed by atoms with Crippen molar-refractivity contribution in [3.63, 3.8) is 0 Å². The van der Waals surface area contributed by atoms with Gasteiger partial charge in [-0.25, -0.2) is 0 Å². The van der Waals surface area contributed by atoms with Gasteiger partial charge in [-0.3, -0.25) is 4.79 Å². The van der Waals surface area contributed by atoms with E-state index >= 15 is 0 Å². The Labute approximate surface area is 298 Å². The second kappa shape index (κ2) is 15.4. The first-order chi connectivity index (χ1) is 22.3. The quantitative estimate of drug-likeness (QED) is 0.256. The monoisotopic (exact) mass is 706 g/mol. The van der Waals surface area contributed by atoms with Crippen LogP contribution >= 0.6 is 23.2 Å². The lowest BCUT2D eigenvalue weighted by Crippen LogP contribution is -3.00. The fourth-order valence-electron chi connectivity index (χ4n) is 9.35. The molecule has 4 saturated heterocycles. The third-order valence-corrected chi connectivity index (χ3v) is 12.9. The SMILES string of the molecule is CCOc1cc(C(=O)N2CCC(CC[N+]34CCC(C5CCCCC5)(CC3)CC4)(c3ccc(Cl)c(Cl)c3)C2)cc(OCC)c1OCC.[Cl-]. The minimum atomic E-state index is -0.178. The number of likely N-dealkylation sites (tertiary alicyclic amines) is 1. The number of ether oxygens (including phenoxy) is 3. The van der Waals surface area contributed by atoms with E-state index in [1.807, 2.05) is 43.9 Å². The average Bonchev–Trinajstić information content (AvgIpc) is 3.53. The van der Waals surface area contributed by atoms with E-state index in [1.165, 1.54) is 81.0 Å². The van der Waals surface area contributed by atoms with Gasteiger partial charge < -0.3 is 36.0 Å². The van der Waals surface area contributed by atoms with Crippen LogP contribution in [0.2, 0.25) is 10.0 Å². The van der Waals surface area contributed by atoms with E-state index in [9.17, 15) is 4.79 Å². The number of hydrogen-bond donors (Lipinski definition) is 0. The summed E-state index contributed by atoms with van der Waals surface area (Å²) in [7, 11) is 0. The summed E-state index contributed by atoms with van der Waals surface area (Å²) in [5.41, 5.74) is 2.19. The third-order valence-electron chi connectivity index (χ3n) is 12.1. The van der Waals surface area contributed by atoms with Crippen LogP contribution in [0.3, 0.4) is 0 Å². The molecule has 7 rings (SSSR count). The summed E-state index contributed by atoms with van der Waals surface area (Å²) in [5.74, 6) is 2.59. The first-order valence-corrected chi connectivity index (χ1v) is 18.7. The summed E-state index contributed by atoms with van der Waals surface area (Å²) in [6.07, 6.45) is 13.3. The zero-order valence-corrected chi connectivity index (χ0v) is 30.8. The molecule has 0 radical (unpaired) electrons. The second-order valence-corrected chi connectivity index (χ2v) is 15.2. The van der Waals surface area contributed by atoms with E-state index in [-0.39, 0.29) is 23.7 Å². The van der Waals surface area contributed by atoms with E-state index < -0.39 is 0 Å². The molecule has 260 valence electrons. The molecule has 6 nitrogen and oxygen atoms in total. The van der Waals surface area contributed by atoms with E-state index in [1.54, 1.807) is 0 Å². The number of quaternary nitrogens is 1. The predicted molar refractivity (Wildman–Crippen MR) is 186 cm³/mol. The Morgan fingerprint density at radius 2 is 1.47 bits per heavy atom. The normalized spacial score (nSPS) is 27.4. The van der Waals surface area contributed by atoms with Gasteiger partial charge >= 0.3 is 0 Å². The van der Waals surface area contributed by atoms with Crippen molar-refractivity contribution in [3.05, 3.63) is 51.5 Å². The Balaban J connectivity index is 0.00000433. The number of rotatable bonds is 12. The zero-order valence-electron chi connectivity index (χ0n) is 28.6. The van der Waals surface area contributed by atoms with Crippen LogP contribution in [0, 0.1) is 11.3 Å². The van der Waals surface area contributed by atoms with Gasteiger partial charge in [0, 0.05) is 49.8 Å². The fraction of sp³-hybridized carbons (Fsp3) is 0.658. The van der Waals surface area contributed by atoms with Gasteiger partial charge in [-0.2, -0.15) is 0 Å². The molecule has 0 aromatic heterocycles. The number of hydrogen-bond acceptors (Lipinski definition) is 4. The van der Waals surface area contributed by atoms with Gasteiger partial charge in [-0.05, 0) is 81.2 Å². The van der Waals surface area contributed by atoms with Gasteiger partial charge in [0.05, 0.1) is 56.0 Å². The van der Waals surface area contributed by atoms with Gasteiger partial charge in [0.15, 0.2) is 11.5 Å². The van der Waals surface area contributed by atoms with Crippen LogP contribution in [0.25, 0.3) is 0 Å². The Kier molecular flexibility index (Phi) is 11.9. The number of halogens is 3. The summed E-state index contributed by atoms with van der Waals surface area (Å²) in [6, 6.07) is 9.75. The highest BCUT2D eigenvalue weighted by Gasteiger charge is 2.53. The minimum Gasteiger partial charge on any atom is -1.00 e. The fourth-order valence-corrected chi connectivity index (χ4v) is 9.65. The molecule has 1 amide bonds. The molecule has 0 N–H and O–H groups in total. The Morgan fingerprint density at radius 3 is 2.04 bits per heavy atom. The Bertz CT molecular complexity index is 1350. The van der Waals surface area contributed by atoms with Crippen LogP contribution in [0.5, 0.6) is 17.2 Å². The van der Waals surface area contributed by atoms with E-state index in [0.29, 0.717) is 71.2 Å². The number of fused-ring (bicyclic) bond motifs is 3. The van der Waals surface area contributed by atoms with Crippen LogP contribution < -0.4 is 26.6 Å². The summed E-state index contributed by atoms with van der Waals surface area (Å²) in [4.78, 5) is 16.2. The number of carbonyl (C=O) groups is 1. The highest BCUT2D eigenvalue weighted by Crippen LogP contribution is 2.54. The van der Waals surface area contributed by atoms with Crippen LogP contribution in [0.15, 0.2) is 30.3 Å². The lowest BCUT2D eigenvalue weighted by Gasteiger charge is -2.58. The molecule has 9 heteroatoms. The topological polar surface area (TPSA) is 48.0 Å². The molecule has 2 bridgehead atoms. The first kappa shape index (κ1) is 36.4. The molecule has 5 aliphatic rings. The van der Waals surface area contributed by atoms with Crippen molar-refractivity contribution in [2.75, 3.05) is 59.1 Å². The van der Waals surface area contributed by atoms with E-state index in [0.717, 1.165) is 25.3 Å². The molecule has 1 aliphatic carbocycles. The molecule has 1 unspecified atom stereocenters. The Morgan fingerprint density at radius 1 is 0.851 bits per heavy atom. The third kappa shape index (κ3) is 7.37. The van der Waals surface area contributed by atoms with Gasteiger partial charge in [0.2, 0.25) is 5.75 Å². The van der Waals surface area contributed by atoms with Crippen molar-refractivity contribution in [2.45, 2.75) is 90.4 Å². The summed E-state index contributed by atoms with van der Waals surface area (Å²) in [5, 5.41) is 1.15. The molecule has 0 spiro atoms. The van der Waals surface area contributed by atoms with Gasteiger partial charge in [-0.1, -0.05) is 48.5 Å². The van der Waals surface area contributed by atoms with Crippen LogP contribution in [-0.2, 0) is 5.41 Å². The van der Waals surface area contributed by atoms with Crippen molar-refractivity contribution in [1.29, 1.82) is 0 Å². The van der Waals surface area contributed by atoms with Gasteiger partial charge in [-0.15, -0.1) is 0 Å². The lowest BCUT2D eigenvalue weighted by molar-refractivity contribution is -0.946. The van der Waals surface area contributed by atoms with Gasteiger partial charge in [0.1, 0.15) is 0 Å². The molecule has 2 aromatic carbocycles. The summed E-state index contributed by atoms with van der Waals surface area (Å²) in [6.45, 7) is 13.6. The maximum atomic E-state index is 14.2. The highest BCUT2D eigenvalue weighted by molar-refractivity contribution is 6.42. The van der Waals surface area contributed by atoms with Crippen molar-refractivity contribution in [3.8, 4) is 17.2 Å². The minimum absolute atomic E-state index is 0. The number of benzene rings is 2. The van der Waals surface area contributed by atoms with Crippen LogP contribution in [-0.4, -0.2) is 74.4 Å². The lowest BCUT2D eigenvalue weighted by atomic mass is 9.59. The van der Waals surface area contributed by atoms with Crippen LogP contribution in [0.4, 0.5) is 0 Å². The number of nitrogens with zero attached hydrogens (tertiary/aromatic N) is 2. The molecular weight excluding hydrogens is 655 g/mol. The average molecular weight is 708 g/mol. The zero-order chi connectivity index (χ0) is 32.4. The molecule has 2 aromatic rings. The van der Waals surface area contributed by atoms with E-state index in [2.05, 4.69) is 12.1 Å². The molecule has 5 fully saturated rings. The standard InChI is InChI=1S/C38H53Cl2N2O4.ClH/c1-4-44-33-24-28(25-34(45-5-2)35(33)46-6-3)36(43)41-19-14-38(27-41,30-12-13-31(39)32(40)26-30)18-23-42-20-15-37(16-21-42,17-22-42)29-10-8-7-9-11-29;/h12-13,24-26,29H,4-11,14-23,27H2,1-3H3;1H/q+1;/p-1. The number of carbonyl (C=O) groups excluding carboxylic acids is 1. The van der Waals surface area contributed by atoms with Crippen molar-refractivity contribution in [1.82, 2.24) is 4.90 Å². The number of amides is 1. The maximum absolute atomic E-state index is 14.2. The molecular formula is C38H53Cl3N2O4. The maximum Gasteiger partial charge on any atom is 0.254 e. The molecule has 1 saturated carbocycles. The largest absolute Gasteiger partial charge is 1.00 e. The molecule has 47 heavy (non-hydrogen) atoms. The predicted octanol–water partition coefficient (Wildman–Crippen LogP) is 5.95. The van der Waals surface area contributed by atoms with Crippen molar-refractivity contribution >= 4 is 29.1 Å². The highest BCUT2D eigenvalue weighted by atomic mass is 35.5. The van der Waals surface area contributed by atoms with Crippen molar-refractivity contribution < 1.29 is 35.9 Å². The van der Waals surface area contributed by atoms with E-state index in [4.69, 9.17) is 37.4 Å². The number of piperidine rings is 3. The van der Waals surface area contributed by atoms with Crippen LogP contribution in [0.1, 0.15) is 101 Å². The molecule has 4 heterocycles. The second-order valence-electron chi connectivity index (χ2n) is 14.4. The first-order valence-electron chi connectivity index (χ1n) is 17.9. The smallest absolute Gasteiger partial charge is 0.254 e. The molecule has 1 atom stereocenters. The Hall–Kier alpha value is -1.86. The van der Waals surface area contributed by atoms with Crippen molar-refractivity contribution in [2.24, 2.45) is 11.3 Å².